The second-order valence-corrected chi connectivity index (χ2v) is 4.68. The Hall–Kier alpha value is -0.710. The molecule has 1 saturated heterocycles. The van der Waals surface area contributed by atoms with Gasteiger partial charge in [0.05, 0.1) is 11.1 Å². The quantitative estimate of drug-likeness (QED) is 0.865. The fourth-order valence-corrected chi connectivity index (χ4v) is 2.67. The van der Waals surface area contributed by atoms with Gasteiger partial charge in [0.15, 0.2) is 0 Å². The molecule has 1 aromatic carbocycles. The third-order valence-electron chi connectivity index (χ3n) is 3.40. The minimum atomic E-state index is -0.968. The summed E-state index contributed by atoms with van der Waals surface area (Å²) in [6.07, 6.45) is 0.833. The summed E-state index contributed by atoms with van der Waals surface area (Å²) in [5, 5.41) is -0.0243. The number of rotatable bonds is 2. The number of hydrogen-bond donors (Lipinski definition) is 1. The van der Waals surface area contributed by atoms with Crippen LogP contribution in [-0.2, 0) is 10.4 Å². The van der Waals surface area contributed by atoms with Gasteiger partial charge in [0.2, 0.25) is 0 Å². The first-order valence-electron chi connectivity index (χ1n) is 5.12. The van der Waals surface area contributed by atoms with Gasteiger partial charge in [0.25, 0.3) is 0 Å². The SMILES string of the molecule is FCC1(c2cccc(F)c2Cl)NO[C@@H]2C[C@@H]21. The van der Waals surface area contributed by atoms with Crippen molar-refractivity contribution >= 4 is 11.6 Å². The van der Waals surface area contributed by atoms with E-state index < -0.39 is 18.0 Å². The molecular formula is C11H10ClF2NO. The summed E-state index contributed by atoms with van der Waals surface area (Å²) in [7, 11) is 0. The van der Waals surface area contributed by atoms with Gasteiger partial charge in [-0.3, -0.25) is 4.84 Å². The van der Waals surface area contributed by atoms with Crippen molar-refractivity contribution in [3.05, 3.63) is 34.6 Å². The average Bonchev–Trinajstić information content (AvgIpc) is 2.99. The molecule has 0 bridgehead atoms. The average molecular weight is 246 g/mol. The Morgan fingerprint density at radius 1 is 1.56 bits per heavy atom. The van der Waals surface area contributed by atoms with Crippen LogP contribution in [0.2, 0.25) is 5.02 Å². The molecule has 5 heteroatoms. The van der Waals surface area contributed by atoms with Crippen molar-refractivity contribution < 1.29 is 13.6 Å². The van der Waals surface area contributed by atoms with Crippen LogP contribution in [0.1, 0.15) is 12.0 Å². The van der Waals surface area contributed by atoms with Gasteiger partial charge in [-0.2, -0.15) is 5.48 Å². The molecule has 2 aliphatic rings. The van der Waals surface area contributed by atoms with Crippen molar-refractivity contribution in [2.45, 2.75) is 18.1 Å². The maximum absolute atomic E-state index is 13.4. The van der Waals surface area contributed by atoms with Crippen LogP contribution in [0.5, 0.6) is 0 Å². The number of halogens is 3. The molecule has 0 radical (unpaired) electrons. The van der Waals surface area contributed by atoms with Crippen LogP contribution in [0.3, 0.4) is 0 Å². The van der Waals surface area contributed by atoms with Crippen LogP contribution in [0, 0.1) is 11.7 Å². The summed E-state index contributed by atoms with van der Waals surface area (Å²) in [5.41, 5.74) is 2.16. The van der Waals surface area contributed by atoms with Crippen molar-refractivity contribution in [1.29, 1.82) is 0 Å². The van der Waals surface area contributed by atoms with E-state index in [4.69, 9.17) is 16.4 Å². The molecule has 3 atom stereocenters. The number of benzene rings is 1. The maximum atomic E-state index is 13.4. The van der Waals surface area contributed by atoms with Crippen molar-refractivity contribution in [3.8, 4) is 0 Å². The molecule has 16 heavy (non-hydrogen) atoms. The zero-order valence-corrected chi connectivity index (χ0v) is 9.10. The third-order valence-corrected chi connectivity index (χ3v) is 3.78. The zero-order valence-electron chi connectivity index (χ0n) is 8.34. The Balaban J connectivity index is 2.10. The molecule has 1 aromatic rings. The Kier molecular flexibility index (Phi) is 2.21. The van der Waals surface area contributed by atoms with Gasteiger partial charge in [-0.15, -0.1) is 0 Å². The van der Waals surface area contributed by atoms with Crippen molar-refractivity contribution in [3.63, 3.8) is 0 Å². The van der Waals surface area contributed by atoms with E-state index in [1.165, 1.54) is 12.1 Å². The number of alkyl halides is 1. The highest BCUT2D eigenvalue weighted by molar-refractivity contribution is 6.31. The van der Waals surface area contributed by atoms with Crippen molar-refractivity contribution in [1.82, 2.24) is 5.48 Å². The van der Waals surface area contributed by atoms with E-state index in [2.05, 4.69) is 5.48 Å². The van der Waals surface area contributed by atoms with Gasteiger partial charge < -0.3 is 0 Å². The lowest BCUT2D eigenvalue weighted by molar-refractivity contribution is 0.00838. The van der Waals surface area contributed by atoms with E-state index in [0.29, 0.717) is 5.56 Å². The maximum Gasteiger partial charge on any atom is 0.142 e. The predicted octanol–water partition coefficient (Wildman–Crippen LogP) is 2.57. The predicted molar refractivity (Wildman–Crippen MR) is 55.2 cm³/mol. The molecule has 1 N–H and O–H groups in total. The van der Waals surface area contributed by atoms with Gasteiger partial charge in [-0.25, -0.2) is 8.78 Å². The first-order chi connectivity index (χ1) is 7.69. The standard InChI is InChI=1S/C11H10ClF2NO/c12-10-6(2-1-3-8(10)14)11(5-13)7-4-9(7)16-15-11/h1-3,7,9,15H,4-5H2/t7-,9+,11?/m0/s1. The van der Waals surface area contributed by atoms with Gasteiger partial charge in [0, 0.05) is 5.92 Å². The number of hydroxylamine groups is 1. The van der Waals surface area contributed by atoms with Crippen LogP contribution in [0.4, 0.5) is 8.78 Å². The molecule has 1 unspecified atom stereocenters. The fraction of sp³-hybridized carbons (Fsp3) is 0.455. The van der Waals surface area contributed by atoms with Crippen LogP contribution < -0.4 is 5.48 Å². The fourth-order valence-electron chi connectivity index (χ4n) is 2.38. The molecule has 1 aliphatic heterocycles. The molecule has 3 rings (SSSR count). The molecule has 0 amide bonds. The highest BCUT2D eigenvalue weighted by Crippen LogP contribution is 2.54. The Labute approximate surface area is 96.5 Å². The van der Waals surface area contributed by atoms with Crippen LogP contribution >= 0.6 is 11.6 Å². The Bertz CT molecular complexity index is 442. The summed E-state index contributed by atoms with van der Waals surface area (Å²) in [4.78, 5) is 5.21. The molecule has 2 fully saturated rings. The second kappa shape index (κ2) is 3.39. The molecular weight excluding hydrogens is 236 g/mol. The number of nitrogens with one attached hydrogen (secondary N) is 1. The van der Waals surface area contributed by atoms with E-state index in [-0.39, 0.29) is 17.0 Å². The van der Waals surface area contributed by atoms with Gasteiger partial charge in [0.1, 0.15) is 18.0 Å². The van der Waals surface area contributed by atoms with E-state index in [1.54, 1.807) is 6.07 Å². The summed E-state index contributed by atoms with van der Waals surface area (Å²) in [6.45, 7) is -0.655. The zero-order chi connectivity index (χ0) is 11.3. The smallest absolute Gasteiger partial charge is 0.142 e. The third kappa shape index (κ3) is 1.24. The summed E-state index contributed by atoms with van der Waals surface area (Å²) in [5.74, 6) is -0.477. The lowest BCUT2D eigenvalue weighted by Gasteiger charge is -2.28. The molecule has 1 saturated carbocycles. The van der Waals surface area contributed by atoms with E-state index in [1.807, 2.05) is 0 Å². The summed E-state index contributed by atoms with van der Waals surface area (Å²) >= 11 is 5.89. The minimum absolute atomic E-state index is 0.0243. The number of hydrogen-bond acceptors (Lipinski definition) is 2. The van der Waals surface area contributed by atoms with Gasteiger partial charge in [-0.1, -0.05) is 23.7 Å². The number of fused-ring (bicyclic) bond motifs is 1. The van der Waals surface area contributed by atoms with Crippen LogP contribution in [-0.4, -0.2) is 12.8 Å². The van der Waals surface area contributed by atoms with Crippen LogP contribution in [0.15, 0.2) is 18.2 Å². The molecule has 0 spiro atoms. The first kappa shape index (κ1) is 10.4. The Morgan fingerprint density at radius 2 is 2.38 bits per heavy atom. The van der Waals surface area contributed by atoms with E-state index in [9.17, 15) is 8.78 Å². The lowest BCUT2D eigenvalue weighted by atomic mass is 9.87. The van der Waals surface area contributed by atoms with E-state index in [0.717, 1.165) is 6.42 Å². The molecule has 0 aromatic heterocycles. The summed E-state index contributed by atoms with van der Waals surface area (Å²) < 4.78 is 26.7. The minimum Gasteiger partial charge on any atom is -0.297 e. The topological polar surface area (TPSA) is 21.3 Å². The normalized spacial score (nSPS) is 36.2. The van der Waals surface area contributed by atoms with E-state index >= 15 is 0 Å². The van der Waals surface area contributed by atoms with Crippen molar-refractivity contribution in [2.75, 3.05) is 6.67 Å². The largest absolute Gasteiger partial charge is 0.297 e. The van der Waals surface area contributed by atoms with Gasteiger partial charge in [-0.05, 0) is 18.1 Å². The molecule has 1 heterocycles. The first-order valence-corrected chi connectivity index (χ1v) is 5.50. The highest BCUT2D eigenvalue weighted by Gasteiger charge is 2.61. The van der Waals surface area contributed by atoms with Crippen LogP contribution in [0.25, 0.3) is 0 Å². The Morgan fingerprint density at radius 3 is 2.94 bits per heavy atom. The van der Waals surface area contributed by atoms with Gasteiger partial charge >= 0.3 is 0 Å². The monoisotopic (exact) mass is 245 g/mol. The molecule has 86 valence electrons. The van der Waals surface area contributed by atoms with Crippen molar-refractivity contribution in [2.24, 2.45) is 5.92 Å². The second-order valence-electron chi connectivity index (χ2n) is 4.31. The summed E-state index contributed by atoms with van der Waals surface area (Å²) in [6, 6.07) is 4.44. The highest BCUT2D eigenvalue weighted by atomic mass is 35.5. The molecule has 1 aliphatic carbocycles. The molecule has 2 nitrogen and oxygen atoms in total. The lowest BCUT2D eigenvalue weighted by Crippen LogP contribution is -2.42.